The van der Waals surface area contributed by atoms with Crippen molar-refractivity contribution in [2.24, 2.45) is 0 Å². The van der Waals surface area contributed by atoms with Gasteiger partial charge < -0.3 is 14.7 Å². The minimum atomic E-state index is -0.857. The summed E-state index contributed by atoms with van der Waals surface area (Å²) < 4.78 is 5.71. The van der Waals surface area contributed by atoms with Crippen LogP contribution < -0.4 is 4.74 Å². The molecule has 23 heavy (non-hydrogen) atoms. The Morgan fingerprint density at radius 2 is 2.09 bits per heavy atom. The number of carbonyl (C=O) groups excluding carboxylic acids is 1. The number of carbonyl (C=O) groups is 2. The summed E-state index contributed by atoms with van der Waals surface area (Å²) in [6.07, 6.45) is 0.00605. The van der Waals surface area contributed by atoms with Crippen molar-refractivity contribution in [1.82, 2.24) is 4.90 Å². The third-order valence-corrected chi connectivity index (χ3v) is 5.72. The summed E-state index contributed by atoms with van der Waals surface area (Å²) in [4.78, 5) is 25.8. The molecule has 5 nitrogen and oxygen atoms in total. The van der Waals surface area contributed by atoms with E-state index < -0.39 is 5.97 Å². The SMILES string of the molecule is Cc1cc2c(cc1C)C(C(=O)N1CCSCC1CC(=O)O)CO2. The Morgan fingerprint density at radius 1 is 1.35 bits per heavy atom. The van der Waals surface area contributed by atoms with E-state index in [1.165, 1.54) is 0 Å². The van der Waals surface area contributed by atoms with Crippen LogP contribution in [0.4, 0.5) is 0 Å². The van der Waals surface area contributed by atoms with Gasteiger partial charge in [0.2, 0.25) is 5.91 Å². The molecule has 0 radical (unpaired) electrons. The molecule has 1 saturated heterocycles. The first kappa shape index (κ1) is 16.2. The van der Waals surface area contributed by atoms with Crippen LogP contribution in [0.1, 0.15) is 29.0 Å². The number of aryl methyl sites for hydroxylation is 2. The maximum atomic E-state index is 13.0. The molecule has 0 spiro atoms. The van der Waals surface area contributed by atoms with Gasteiger partial charge in [-0.05, 0) is 31.0 Å². The molecule has 124 valence electrons. The predicted octanol–water partition coefficient (Wildman–Crippen LogP) is 2.20. The van der Waals surface area contributed by atoms with Crippen molar-refractivity contribution in [3.05, 3.63) is 28.8 Å². The highest BCUT2D eigenvalue weighted by Gasteiger charge is 2.38. The van der Waals surface area contributed by atoms with Crippen LogP contribution in [-0.2, 0) is 9.59 Å². The summed E-state index contributed by atoms with van der Waals surface area (Å²) in [6, 6.07) is 3.79. The van der Waals surface area contributed by atoms with Gasteiger partial charge in [-0.15, -0.1) is 0 Å². The fourth-order valence-electron chi connectivity index (χ4n) is 3.19. The first-order valence-electron chi connectivity index (χ1n) is 7.81. The lowest BCUT2D eigenvalue weighted by Crippen LogP contribution is -2.49. The minimum Gasteiger partial charge on any atom is -0.492 e. The highest BCUT2D eigenvalue weighted by atomic mass is 32.2. The zero-order valence-corrected chi connectivity index (χ0v) is 14.2. The molecule has 0 aromatic heterocycles. The summed E-state index contributed by atoms with van der Waals surface area (Å²) in [7, 11) is 0. The zero-order valence-electron chi connectivity index (χ0n) is 13.4. The monoisotopic (exact) mass is 335 g/mol. The summed E-state index contributed by atoms with van der Waals surface area (Å²) >= 11 is 1.71. The van der Waals surface area contributed by atoms with Crippen molar-refractivity contribution in [2.75, 3.05) is 24.7 Å². The average molecular weight is 335 g/mol. The number of hydrogen-bond donors (Lipinski definition) is 1. The van der Waals surface area contributed by atoms with Crippen molar-refractivity contribution in [1.29, 1.82) is 0 Å². The zero-order chi connectivity index (χ0) is 16.6. The number of carboxylic acid groups (broad SMARTS) is 1. The lowest BCUT2D eigenvalue weighted by molar-refractivity contribution is -0.141. The maximum Gasteiger partial charge on any atom is 0.305 e. The maximum absolute atomic E-state index is 13.0. The molecule has 3 rings (SSSR count). The number of ether oxygens (including phenoxy) is 1. The van der Waals surface area contributed by atoms with E-state index in [1.54, 1.807) is 16.7 Å². The Bertz CT molecular complexity index is 646. The molecular formula is C17H21NO4S. The second kappa shape index (κ2) is 6.43. The van der Waals surface area contributed by atoms with Gasteiger partial charge in [0.25, 0.3) is 0 Å². The van der Waals surface area contributed by atoms with Crippen molar-refractivity contribution in [2.45, 2.75) is 32.2 Å². The Hall–Kier alpha value is -1.69. The molecule has 0 bridgehead atoms. The molecule has 2 aliphatic heterocycles. The van der Waals surface area contributed by atoms with E-state index in [0.717, 1.165) is 28.2 Å². The smallest absolute Gasteiger partial charge is 0.305 e. The number of rotatable bonds is 3. The summed E-state index contributed by atoms with van der Waals surface area (Å²) in [5, 5.41) is 9.08. The van der Waals surface area contributed by atoms with Crippen LogP contribution in [0.3, 0.4) is 0 Å². The van der Waals surface area contributed by atoms with Crippen LogP contribution in [0.5, 0.6) is 5.75 Å². The van der Waals surface area contributed by atoms with E-state index in [9.17, 15) is 9.59 Å². The van der Waals surface area contributed by atoms with E-state index in [-0.39, 0.29) is 24.3 Å². The minimum absolute atomic E-state index is 0.00134. The van der Waals surface area contributed by atoms with Crippen LogP contribution in [0.15, 0.2) is 12.1 Å². The van der Waals surface area contributed by atoms with Crippen molar-refractivity contribution < 1.29 is 19.4 Å². The normalized spacial score (nSPS) is 23.3. The number of benzene rings is 1. The third-order valence-electron chi connectivity index (χ3n) is 4.63. The lowest BCUT2D eigenvalue weighted by Gasteiger charge is -2.36. The Kier molecular flexibility index (Phi) is 4.53. The number of carboxylic acids is 1. The second-order valence-corrected chi connectivity index (χ2v) is 7.35. The van der Waals surface area contributed by atoms with Crippen LogP contribution >= 0.6 is 11.8 Å². The molecule has 0 aliphatic carbocycles. The molecule has 1 fully saturated rings. The van der Waals surface area contributed by atoms with E-state index in [1.807, 2.05) is 26.0 Å². The molecule has 1 aromatic carbocycles. The van der Waals surface area contributed by atoms with Gasteiger partial charge in [0.05, 0.1) is 12.5 Å². The standard InChI is InChI=1S/C17H21NO4S/c1-10-5-13-14(8-22-15(13)6-11(10)2)17(21)18-3-4-23-9-12(18)7-16(19)20/h5-6,12,14H,3-4,7-9H2,1-2H3,(H,19,20). The Balaban J connectivity index is 1.84. The summed E-state index contributed by atoms with van der Waals surface area (Å²) in [5.41, 5.74) is 3.23. The highest BCUT2D eigenvalue weighted by Crippen LogP contribution is 2.38. The lowest BCUT2D eigenvalue weighted by atomic mass is 9.95. The van der Waals surface area contributed by atoms with E-state index >= 15 is 0 Å². The highest BCUT2D eigenvalue weighted by molar-refractivity contribution is 7.99. The molecule has 1 amide bonds. The molecule has 0 saturated carbocycles. The van der Waals surface area contributed by atoms with Gasteiger partial charge in [0.15, 0.2) is 0 Å². The number of fused-ring (bicyclic) bond motifs is 1. The van der Waals surface area contributed by atoms with E-state index in [2.05, 4.69) is 0 Å². The number of nitrogens with zero attached hydrogens (tertiary/aromatic N) is 1. The fraction of sp³-hybridized carbons (Fsp3) is 0.529. The number of aliphatic carboxylic acids is 1. The first-order valence-corrected chi connectivity index (χ1v) is 8.97. The molecule has 2 unspecified atom stereocenters. The van der Waals surface area contributed by atoms with Gasteiger partial charge in [-0.3, -0.25) is 9.59 Å². The molecular weight excluding hydrogens is 314 g/mol. The largest absolute Gasteiger partial charge is 0.492 e. The van der Waals surface area contributed by atoms with E-state index in [0.29, 0.717) is 18.9 Å². The number of amides is 1. The Morgan fingerprint density at radius 3 is 2.83 bits per heavy atom. The average Bonchev–Trinajstić information content (AvgIpc) is 2.90. The van der Waals surface area contributed by atoms with Crippen LogP contribution in [0, 0.1) is 13.8 Å². The van der Waals surface area contributed by atoms with Crippen LogP contribution in [0.25, 0.3) is 0 Å². The first-order chi connectivity index (χ1) is 11.0. The molecule has 2 atom stereocenters. The predicted molar refractivity (Wildman–Crippen MR) is 89.2 cm³/mol. The molecule has 2 aliphatic rings. The quantitative estimate of drug-likeness (QED) is 0.917. The summed E-state index contributed by atoms with van der Waals surface area (Å²) in [6.45, 7) is 5.01. The van der Waals surface area contributed by atoms with Gasteiger partial charge in [0.1, 0.15) is 18.3 Å². The number of hydrogen-bond acceptors (Lipinski definition) is 4. The van der Waals surface area contributed by atoms with Gasteiger partial charge in [0, 0.05) is 23.6 Å². The summed E-state index contributed by atoms with van der Waals surface area (Å²) in [5.74, 6) is 1.15. The fourth-order valence-corrected chi connectivity index (χ4v) is 4.25. The van der Waals surface area contributed by atoms with Crippen LogP contribution in [0.2, 0.25) is 0 Å². The molecule has 1 N–H and O–H groups in total. The molecule has 2 heterocycles. The van der Waals surface area contributed by atoms with Crippen molar-refractivity contribution in [3.63, 3.8) is 0 Å². The van der Waals surface area contributed by atoms with Gasteiger partial charge in [-0.2, -0.15) is 11.8 Å². The van der Waals surface area contributed by atoms with E-state index in [4.69, 9.17) is 9.84 Å². The second-order valence-electron chi connectivity index (χ2n) is 6.20. The Labute approximate surface area is 140 Å². The van der Waals surface area contributed by atoms with Crippen LogP contribution in [-0.4, -0.2) is 52.6 Å². The topological polar surface area (TPSA) is 66.8 Å². The number of thioether (sulfide) groups is 1. The van der Waals surface area contributed by atoms with Crippen molar-refractivity contribution >= 4 is 23.6 Å². The van der Waals surface area contributed by atoms with Gasteiger partial charge >= 0.3 is 5.97 Å². The third kappa shape index (κ3) is 3.17. The van der Waals surface area contributed by atoms with Gasteiger partial charge in [-0.25, -0.2) is 0 Å². The molecule has 1 aromatic rings. The van der Waals surface area contributed by atoms with Gasteiger partial charge in [-0.1, -0.05) is 6.07 Å². The van der Waals surface area contributed by atoms with Crippen molar-refractivity contribution in [3.8, 4) is 5.75 Å². The molecule has 6 heteroatoms.